The summed E-state index contributed by atoms with van der Waals surface area (Å²) < 4.78 is 0. The molecule has 1 N–H and O–H groups in total. The largest absolute Gasteiger partial charge is 0.356 e. The van der Waals surface area contributed by atoms with Crippen LogP contribution in [0.25, 0.3) is 0 Å². The first-order chi connectivity index (χ1) is 9.24. The van der Waals surface area contributed by atoms with E-state index in [1.807, 2.05) is 0 Å². The van der Waals surface area contributed by atoms with Gasteiger partial charge < -0.3 is 10.2 Å². The fourth-order valence-electron chi connectivity index (χ4n) is 2.44. The first kappa shape index (κ1) is 12.7. The van der Waals surface area contributed by atoms with Crippen LogP contribution in [0.1, 0.15) is 38.3 Å². The first-order valence-electron chi connectivity index (χ1n) is 7.59. The van der Waals surface area contributed by atoms with E-state index < -0.39 is 0 Å². The standard InChI is InChI=1S/C15H24N4/c1-3-16-15-17-11(2)8-14(18-15)19(9-12-4-5-12)10-13-6-7-13/h8,12-13H,3-7,9-10H2,1-2H3,(H,16,17,18). The van der Waals surface area contributed by atoms with Crippen LogP contribution in [0.3, 0.4) is 0 Å². The van der Waals surface area contributed by atoms with E-state index in [4.69, 9.17) is 0 Å². The van der Waals surface area contributed by atoms with Crippen LogP contribution < -0.4 is 10.2 Å². The Bertz CT molecular complexity index is 424. The smallest absolute Gasteiger partial charge is 0.224 e. The van der Waals surface area contributed by atoms with E-state index >= 15 is 0 Å². The van der Waals surface area contributed by atoms with Crippen molar-refractivity contribution in [2.24, 2.45) is 11.8 Å². The van der Waals surface area contributed by atoms with Gasteiger partial charge in [0.15, 0.2) is 0 Å². The zero-order valence-corrected chi connectivity index (χ0v) is 12.0. The number of hydrogen-bond donors (Lipinski definition) is 1. The van der Waals surface area contributed by atoms with Crippen molar-refractivity contribution in [3.8, 4) is 0 Å². The van der Waals surface area contributed by atoms with E-state index in [2.05, 4.69) is 40.1 Å². The van der Waals surface area contributed by atoms with Crippen LogP contribution in [-0.2, 0) is 0 Å². The van der Waals surface area contributed by atoms with Gasteiger partial charge in [-0.25, -0.2) is 4.98 Å². The van der Waals surface area contributed by atoms with Gasteiger partial charge in [-0.15, -0.1) is 0 Å². The van der Waals surface area contributed by atoms with Crippen LogP contribution in [0, 0.1) is 18.8 Å². The van der Waals surface area contributed by atoms with Crippen molar-refractivity contribution >= 4 is 11.8 Å². The van der Waals surface area contributed by atoms with Gasteiger partial charge in [-0.1, -0.05) is 0 Å². The number of aromatic nitrogens is 2. The topological polar surface area (TPSA) is 41.1 Å². The van der Waals surface area contributed by atoms with Gasteiger partial charge in [0.05, 0.1) is 0 Å². The van der Waals surface area contributed by atoms with Gasteiger partial charge in [0.2, 0.25) is 5.95 Å². The van der Waals surface area contributed by atoms with Crippen LogP contribution in [0.4, 0.5) is 11.8 Å². The molecule has 3 rings (SSSR count). The number of nitrogens with one attached hydrogen (secondary N) is 1. The van der Waals surface area contributed by atoms with Gasteiger partial charge in [-0.2, -0.15) is 4.98 Å². The molecule has 0 saturated heterocycles. The van der Waals surface area contributed by atoms with Crippen molar-refractivity contribution in [1.82, 2.24) is 9.97 Å². The Labute approximate surface area is 115 Å². The molecule has 104 valence electrons. The maximum absolute atomic E-state index is 4.69. The summed E-state index contributed by atoms with van der Waals surface area (Å²) in [5, 5.41) is 3.23. The SMILES string of the molecule is CCNc1nc(C)cc(N(CC2CC2)CC2CC2)n1. The van der Waals surface area contributed by atoms with Gasteiger partial charge in [0.1, 0.15) is 5.82 Å². The van der Waals surface area contributed by atoms with Crippen molar-refractivity contribution in [3.05, 3.63) is 11.8 Å². The molecule has 0 spiro atoms. The second kappa shape index (κ2) is 5.35. The third-order valence-corrected chi connectivity index (χ3v) is 3.85. The summed E-state index contributed by atoms with van der Waals surface area (Å²) in [5.41, 5.74) is 1.05. The molecule has 0 unspecified atom stereocenters. The Kier molecular flexibility index (Phi) is 3.58. The van der Waals surface area contributed by atoms with Crippen LogP contribution in [0.2, 0.25) is 0 Å². The number of rotatable bonds is 7. The van der Waals surface area contributed by atoms with Crippen molar-refractivity contribution in [1.29, 1.82) is 0 Å². The molecule has 19 heavy (non-hydrogen) atoms. The van der Waals surface area contributed by atoms with Crippen molar-refractivity contribution in [2.75, 3.05) is 29.9 Å². The van der Waals surface area contributed by atoms with E-state index in [0.29, 0.717) is 0 Å². The highest BCUT2D eigenvalue weighted by molar-refractivity contribution is 5.45. The molecule has 1 heterocycles. The predicted octanol–water partition coefficient (Wildman–Crippen LogP) is 2.84. The fraction of sp³-hybridized carbons (Fsp3) is 0.733. The van der Waals surface area contributed by atoms with E-state index in [0.717, 1.165) is 35.8 Å². The summed E-state index contributed by atoms with van der Waals surface area (Å²) in [5.74, 6) is 3.68. The van der Waals surface area contributed by atoms with E-state index in [1.165, 1.54) is 38.8 Å². The normalized spacial score (nSPS) is 18.4. The third-order valence-electron chi connectivity index (χ3n) is 3.85. The molecule has 0 aliphatic heterocycles. The Balaban J connectivity index is 1.77. The van der Waals surface area contributed by atoms with E-state index in [1.54, 1.807) is 0 Å². The lowest BCUT2D eigenvalue weighted by Gasteiger charge is -2.24. The Morgan fingerprint density at radius 3 is 2.32 bits per heavy atom. The van der Waals surface area contributed by atoms with Gasteiger partial charge in [0.25, 0.3) is 0 Å². The zero-order valence-electron chi connectivity index (χ0n) is 12.0. The lowest BCUT2D eigenvalue weighted by molar-refractivity contribution is 0.670. The minimum absolute atomic E-state index is 0.772. The highest BCUT2D eigenvalue weighted by Gasteiger charge is 2.30. The molecule has 0 amide bonds. The molecule has 0 aromatic carbocycles. The molecule has 0 bridgehead atoms. The molecule has 2 aliphatic carbocycles. The summed E-state index contributed by atoms with van der Waals surface area (Å²) in [7, 11) is 0. The van der Waals surface area contributed by atoms with E-state index in [9.17, 15) is 0 Å². The summed E-state index contributed by atoms with van der Waals surface area (Å²) in [4.78, 5) is 11.6. The zero-order chi connectivity index (χ0) is 13.2. The third kappa shape index (κ3) is 3.58. The first-order valence-corrected chi connectivity index (χ1v) is 7.59. The van der Waals surface area contributed by atoms with Crippen molar-refractivity contribution in [3.63, 3.8) is 0 Å². The average Bonchev–Trinajstić information content (AvgIpc) is 3.22. The summed E-state index contributed by atoms with van der Waals surface area (Å²) in [6.45, 7) is 7.36. The molecule has 2 fully saturated rings. The van der Waals surface area contributed by atoms with Gasteiger partial charge in [0, 0.05) is 31.4 Å². The molecule has 2 aliphatic rings. The quantitative estimate of drug-likeness (QED) is 0.818. The van der Waals surface area contributed by atoms with Gasteiger partial charge in [-0.3, -0.25) is 0 Å². The molecular weight excluding hydrogens is 236 g/mol. The number of aryl methyl sites for hydroxylation is 1. The molecule has 0 atom stereocenters. The molecule has 1 aromatic rings. The van der Waals surface area contributed by atoms with Crippen LogP contribution in [0.15, 0.2) is 6.07 Å². The second-order valence-corrected chi connectivity index (χ2v) is 6.01. The molecule has 2 saturated carbocycles. The van der Waals surface area contributed by atoms with Crippen LogP contribution in [0.5, 0.6) is 0 Å². The van der Waals surface area contributed by atoms with Gasteiger partial charge in [-0.05, 0) is 51.4 Å². The molecule has 4 heteroatoms. The minimum Gasteiger partial charge on any atom is -0.356 e. The monoisotopic (exact) mass is 260 g/mol. The summed E-state index contributed by atoms with van der Waals surface area (Å²) in [6, 6.07) is 2.13. The summed E-state index contributed by atoms with van der Waals surface area (Å²) >= 11 is 0. The minimum atomic E-state index is 0.772. The average molecular weight is 260 g/mol. The molecular formula is C15H24N4. The Hall–Kier alpha value is -1.32. The lowest BCUT2D eigenvalue weighted by Crippen LogP contribution is -2.29. The van der Waals surface area contributed by atoms with Crippen LogP contribution >= 0.6 is 0 Å². The Morgan fingerprint density at radius 2 is 1.79 bits per heavy atom. The number of hydrogen-bond acceptors (Lipinski definition) is 4. The maximum Gasteiger partial charge on any atom is 0.224 e. The predicted molar refractivity (Wildman–Crippen MR) is 78.6 cm³/mol. The highest BCUT2D eigenvalue weighted by atomic mass is 15.2. The molecule has 1 aromatic heterocycles. The Morgan fingerprint density at radius 1 is 1.16 bits per heavy atom. The summed E-state index contributed by atoms with van der Waals surface area (Å²) in [6.07, 6.45) is 5.58. The molecule has 4 nitrogen and oxygen atoms in total. The second-order valence-electron chi connectivity index (χ2n) is 6.01. The number of anilines is 2. The van der Waals surface area contributed by atoms with E-state index in [-0.39, 0.29) is 0 Å². The number of nitrogens with zero attached hydrogens (tertiary/aromatic N) is 3. The molecule has 0 radical (unpaired) electrons. The van der Waals surface area contributed by atoms with Gasteiger partial charge >= 0.3 is 0 Å². The van der Waals surface area contributed by atoms with Crippen molar-refractivity contribution < 1.29 is 0 Å². The highest BCUT2D eigenvalue weighted by Crippen LogP contribution is 2.35. The maximum atomic E-state index is 4.69. The lowest BCUT2D eigenvalue weighted by atomic mass is 10.3. The fourth-order valence-corrected chi connectivity index (χ4v) is 2.44. The van der Waals surface area contributed by atoms with Crippen LogP contribution in [-0.4, -0.2) is 29.6 Å². The van der Waals surface area contributed by atoms with Crippen molar-refractivity contribution in [2.45, 2.75) is 39.5 Å².